The van der Waals surface area contributed by atoms with E-state index in [0.717, 1.165) is 6.07 Å². The zero-order valence-corrected chi connectivity index (χ0v) is 8.47. The minimum Gasteiger partial charge on any atom is -0.471 e. The van der Waals surface area contributed by atoms with Gasteiger partial charge < -0.3 is 22.4 Å². The maximum atomic E-state index is 12.6. The van der Waals surface area contributed by atoms with Gasteiger partial charge in [0.1, 0.15) is 0 Å². The predicted octanol–water partition coefficient (Wildman–Crippen LogP) is 2.03. The van der Waals surface area contributed by atoms with E-state index >= 15 is 0 Å². The molecule has 0 spiro atoms. The highest BCUT2D eigenvalue weighted by atomic mass is 19.4. The van der Waals surface area contributed by atoms with Gasteiger partial charge in [0.05, 0.1) is 5.75 Å². The summed E-state index contributed by atoms with van der Waals surface area (Å²) >= 11 is 0. The summed E-state index contributed by atoms with van der Waals surface area (Å²) in [4.78, 5) is 0. The quantitative estimate of drug-likeness (QED) is 0.569. The van der Waals surface area contributed by atoms with Gasteiger partial charge in [-0.15, -0.1) is 0 Å². The Morgan fingerprint density at radius 1 is 1.27 bits per heavy atom. The van der Waals surface area contributed by atoms with Crippen molar-refractivity contribution in [1.82, 2.24) is 0 Å². The fourth-order valence-electron chi connectivity index (χ4n) is 1.18. The van der Waals surface area contributed by atoms with E-state index < -0.39 is 12.4 Å². The average Bonchev–Trinajstić information content (AvgIpc) is 2.14. The number of hydrogen-bond acceptors (Lipinski definition) is 2. The molecule has 1 aromatic rings. The molecule has 0 fully saturated rings. The van der Waals surface area contributed by atoms with Crippen LogP contribution >= 0.6 is 0 Å². The first kappa shape index (κ1) is 11.9. The van der Waals surface area contributed by atoms with Crippen molar-refractivity contribution in [2.75, 3.05) is 13.9 Å². The predicted molar refractivity (Wildman–Crippen MR) is 52.4 cm³/mol. The summed E-state index contributed by atoms with van der Waals surface area (Å²) in [5, 5.41) is 0. The van der Waals surface area contributed by atoms with E-state index in [0.29, 0.717) is 5.56 Å². The molecule has 0 aliphatic heterocycles. The average molecular weight is 219 g/mol. The van der Waals surface area contributed by atoms with Gasteiger partial charge >= 0.3 is 6.98 Å². The SMILES string of the molecule is COCOc1ccc(C)cc1[B-](F)(F)F. The number of hydrogen-bond donors (Lipinski definition) is 0. The molecule has 0 heterocycles. The Kier molecular flexibility index (Phi) is 3.63. The monoisotopic (exact) mass is 219 g/mol. The molecule has 15 heavy (non-hydrogen) atoms. The lowest BCUT2D eigenvalue weighted by atomic mass is 9.78. The van der Waals surface area contributed by atoms with Crippen molar-refractivity contribution in [3.8, 4) is 5.75 Å². The normalized spacial score (nSPS) is 11.5. The minimum atomic E-state index is -5.05. The van der Waals surface area contributed by atoms with Gasteiger partial charge in [0.15, 0.2) is 6.79 Å². The highest BCUT2D eigenvalue weighted by Gasteiger charge is 2.29. The molecule has 0 bridgehead atoms. The highest BCUT2D eigenvalue weighted by Crippen LogP contribution is 2.18. The molecule has 0 atom stereocenters. The Hall–Kier alpha value is -1.17. The molecule has 0 aliphatic rings. The van der Waals surface area contributed by atoms with Crippen molar-refractivity contribution in [3.63, 3.8) is 0 Å². The summed E-state index contributed by atoms with van der Waals surface area (Å²) in [6, 6.07) is 3.94. The summed E-state index contributed by atoms with van der Waals surface area (Å²) in [5.74, 6) is -0.185. The first-order valence-electron chi connectivity index (χ1n) is 4.37. The highest BCUT2D eigenvalue weighted by molar-refractivity contribution is 6.74. The number of ether oxygens (including phenoxy) is 2. The maximum absolute atomic E-state index is 12.6. The molecule has 1 aromatic carbocycles. The lowest BCUT2D eigenvalue weighted by Gasteiger charge is -2.20. The van der Waals surface area contributed by atoms with Crippen molar-refractivity contribution in [2.24, 2.45) is 0 Å². The second-order valence-corrected chi connectivity index (χ2v) is 3.17. The van der Waals surface area contributed by atoms with Crippen LogP contribution in [0.5, 0.6) is 5.75 Å². The molecular formula is C9H11BF3O2-. The van der Waals surface area contributed by atoms with Gasteiger partial charge in [-0.1, -0.05) is 23.2 Å². The van der Waals surface area contributed by atoms with E-state index in [-0.39, 0.29) is 12.5 Å². The minimum absolute atomic E-state index is 0.185. The smallest absolute Gasteiger partial charge is 0.471 e. The van der Waals surface area contributed by atoms with Gasteiger partial charge in [0, 0.05) is 7.11 Å². The number of methoxy groups -OCH3 is 1. The van der Waals surface area contributed by atoms with Crippen LogP contribution in [0.2, 0.25) is 0 Å². The number of benzene rings is 1. The summed E-state index contributed by atoms with van der Waals surface area (Å²) in [5.41, 5.74) is -0.166. The Morgan fingerprint density at radius 3 is 2.47 bits per heavy atom. The van der Waals surface area contributed by atoms with Crippen LogP contribution in [0.4, 0.5) is 12.9 Å². The number of halogens is 3. The van der Waals surface area contributed by atoms with Crippen LogP contribution in [-0.4, -0.2) is 20.9 Å². The van der Waals surface area contributed by atoms with E-state index in [1.54, 1.807) is 13.0 Å². The van der Waals surface area contributed by atoms with Crippen LogP contribution in [0, 0.1) is 6.92 Å². The Morgan fingerprint density at radius 2 is 1.93 bits per heavy atom. The lowest BCUT2D eigenvalue weighted by Crippen LogP contribution is -2.35. The Labute approximate surface area is 86.1 Å². The standard InChI is InChI=1S/C9H11BF3O2/c1-7-3-4-9(15-6-14-2)8(5-7)10(11,12)13/h3-5H,6H2,1-2H3/q-1. The fourth-order valence-corrected chi connectivity index (χ4v) is 1.18. The van der Waals surface area contributed by atoms with Crippen molar-refractivity contribution < 1.29 is 22.4 Å². The van der Waals surface area contributed by atoms with Gasteiger partial charge in [-0.2, -0.15) is 0 Å². The third-order valence-corrected chi connectivity index (χ3v) is 1.85. The Bertz CT molecular complexity index is 339. The maximum Gasteiger partial charge on any atom is 0.513 e. The lowest BCUT2D eigenvalue weighted by molar-refractivity contribution is 0.0517. The third kappa shape index (κ3) is 3.16. The van der Waals surface area contributed by atoms with Crippen LogP contribution in [0.1, 0.15) is 5.56 Å². The second kappa shape index (κ2) is 4.57. The van der Waals surface area contributed by atoms with Crippen molar-refractivity contribution in [3.05, 3.63) is 23.8 Å². The summed E-state index contributed by atoms with van der Waals surface area (Å²) in [7, 11) is 1.35. The van der Waals surface area contributed by atoms with E-state index in [1.807, 2.05) is 0 Å². The zero-order valence-electron chi connectivity index (χ0n) is 8.47. The van der Waals surface area contributed by atoms with Gasteiger partial charge in [-0.05, 0) is 13.0 Å². The first-order chi connectivity index (χ1) is 6.95. The van der Waals surface area contributed by atoms with Gasteiger partial charge in [0.25, 0.3) is 0 Å². The molecule has 0 unspecified atom stereocenters. The Balaban J connectivity index is 3.04. The molecule has 0 aliphatic carbocycles. The fraction of sp³-hybridized carbons (Fsp3) is 0.333. The van der Waals surface area contributed by atoms with E-state index in [9.17, 15) is 12.9 Å². The van der Waals surface area contributed by atoms with Gasteiger partial charge in [0.2, 0.25) is 0 Å². The molecule has 0 saturated heterocycles. The summed E-state index contributed by atoms with van der Waals surface area (Å²) in [6.45, 7) is -3.64. The summed E-state index contributed by atoms with van der Waals surface area (Å²) < 4.78 is 47.2. The van der Waals surface area contributed by atoms with Crippen LogP contribution in [0.15, 0.2) is 18.2 Å². The van der Waals surface area contributed by atoms with Crippen molar-refractivity contribution in [2.45, 2.75) is 6.92 Å². The molecule has 2 nitrogen and oxygen atoms in total. The molecule has 0 aromatic heterocycles. The molecular weight excluding hydrogens is 208 g/mol. The number of aryl methyl sites for hydroxylation is 1. The topological polar surface area (TPSA) is 18.5 Å². The van der Waals surface area contributed by atoms with Crippen LogP contribution in [0.25, 0.3) is 0 Å². The molecule has 0 amide bonds. The summed E-state index contributed by atoms with van der Waals surface area (Å²) in [6.07, 6.45) is 0. The largest absolute Gasteiger partial charge is 0.513 e. The molecule has 84 valence electrons. The molecule has 1 rings (SSSR count). The molecule has 0 radical (unpaired) electrons. The zero-order chi connectivity index (χ0) is 11.5. The van der Waals surface area contributed by atoms with E-state index in [2.05, 4.69) is 4.74 Å². The molecule has 6 heteroatoms. The van der Waals surface area contributed by atoms with Crippen molar-refractivity contribution >= 4 is 12.4 Å². The van der Waals surface area contributed by atoms with Crippen molar-refractivity contribution in [1.29, 1.82) is 0 Å². The molecule has 0 N–H and O–H groups in total. The number of rotatable bonds is 4. The second-order valence-electron chi connectivity index (χ2n) is 3.17. The third-order valence-electron chi connectivity index (χ3n) is 1.85. The van der Waals surface area contributed by atoms with Crippen LogP contribution < -0.4 is 10.2 Å². The van der Waals surface area contributed by atoms with Gasteiger partial charge in [-0.3, -0.25) is 0 Å². The van der Waals surface area contributed by atoms with E-state index in [4.69, 9.17) is 4.74 Å². The first-order valence-corrected chi connectivity index (χ1v) is 4.37. The molecule has 0 saturated carbocycles. The van der Waals surface area contributed by atoms with Gasteiger partial charge in [-0.25, -0.2) is 0 Å². The van der Waals surface area contributed by atoms with E-state index in [1.165, 1.54) is 13.2 Å². The van der Waals surface area contributed by atoms with Crippen LogP contribution in [-0.2, 0) is 4.74 Å². The van der Waals surface area contributed by atoms with Crippen LogP contribution in [0.3, 0.4) is 0 Å².